The molecule has 0 aliphatic heterocycles. The quantitative estimate of drug-likeness (QED) is 0.0407. The molecule has 0 aromatic rings. The number of carbonyl (C=O) groups excluding carboxylic acids is 2. The Morgan fingerprint density at radius 3 is 1.50 bits per heavy atom. The van der Waals surface area contributed by atoms with Crippen LogP contribution in [0.1, 0.15) is 118 Å². The molecule has 0 aromatic heterocycles. The summed E-state index contributed by atoms with van der Waals surface area (Å²) in [6.07, 6.45) is -3.74. The van der Waals surface area contributed by atoms with E-state index in [-0.39, 0.29) is 25.2 Å². The highest BCUT2D eigenvalue weighted by molar-refractivity contribution is 5.83. The van der Waals surface area contributed by atoms with Crippen LogP contribution in [0.2, 0.25) is 0 Å². The van der Waals surface area contributed by atoms with Crippen LogP contribution in [0, 0.1) is 23.7 Å². The van der Waals surface area contributed by atoms with E-state index in [0.29, 0.717) is 38.5 Å². The Morgan fingerprint density at radius 2 is 1.08 bits per heavy atom. The van der Waals surface area contributed by atoms with Gasteiger partial charge in [0.05, 0.1) is 55.8 Å². The van der Waals surface area contributed by atoms with Gasteiger partial charge in [0.2, 0.25) is 0 Å². The molecule has 0 bridgehead atoms. The molecular formula is C34H59NO15. The first-order valence-electron chi connectivity index (χ1n) is 17.3. The molecule has 10 atom stereocenters. The van der Waals surface area contributed by atoms with Crippen molar-refractivity contribution >= 4 is 35.8 Å². The molecule has 0 spiro atoms. The average molecular weight is 722 g/mol. The lowest BCUT2D eigenvalue weighted by Crippen LogP contribution is -2.42. The number of nitrogens with two attached hydrogens (primary N) is 1. The van der Waals surface area contributed by atoms with Crippen molar-refractivity contribution in [2.75, 3.05) is 0 Å². The van der Waals surface area contributed by atoms with Crippen LogP contribution < -0.4 is 5.73 Å². The minimum absolute atomic E-state index is 0.0270. The predicted molar refractivity (Wildman–Crippen MR) is 178 cm³/mol. The Hall–Kier alpha value is -3.34. The fourth-order valence-corrected chi connectivity index (χ4v) is 5.68. The standard InChI is InChI=1S/C34H59NO15/c1-5-6-9-20(3)32(50-31(44)17-23(34(47)48)15-29(41)42)27(49-30(43)16-22(33(45)46)14-28(39)40)13-19(2)12-24(36)10-7-8-11-25(37)18-26(38)21(4)35/h19-27,32,36-38H,5-18,35H2,1-4H3,(H,39,40)(H,41,42)(H,45,46)(H,47,48)/t19-,20+,21-,22?,23+,24+,25+,26-,27-,32+/m0/s1. The summed E-state index contributed by atoms with van der Waals surface area (Å²) >= 11 is 0. The molecule has 16 nitrogen and oxygen atoms in total. The molecule has 16 heteroatoms. The Morgan fingerprint density at radius 1 is 0.620 bits per heavy atom. The minimum Gasteiger partial charge on any atom is -0.481 e. The largest absolute Gasteiger partial charge is 0.481 e. The minimum atomic E-state index is -1.59. The Bertz CT molecular complexity index is 1070. The van der Waals surface area contributed by atoms with Crippen LogP contribution >= 0.6 is 0 Å². The highest BCUT2D eigenvalue weighted by atomic mass is 16.6. The van der Waals surface area contributed by atoms with Gasteiger partial charge in [0.25, 0.3) is 0 Å². The number of hydrogen-bond acceptors (Lipinski definition) is 12. The van der Waals surface area contributed by atoms with Gasteiger partial charge < -0.3 is 51.0 Å². The number of ether oxygens (including phenoxy) is 2. The van der Waals surface area contributed by atoms with Gasteiger partial charge in [0.15, 0.2) is 0 Å². The molecule has 0 aliphatic carbocycles. The first-order chi connectivity index (χ1) is 23.3. The number of aliphatic hydroxyl groups is 3. The van der Waals surface area contributed by atoms with Gasteiger partial charge in [-0.25, -0.2) is 0 Å². The molecule has 0 aromatic carbocycles. The summed E-state index contributed by atoms with van der Waals surface area (Å²) in [5, 5.41) is 67.8. The highest BCUT2D eigenvalue weighted by Crippen LogP contribution is 2.29. The van der Waals surface area contributed by atoms with Gasteiger partial charge in [0, 0.05) is 12.5 Å². The van der Waals surface area contributed by atoms with E-state index < -0.39 is 116 Å². The van der Waals surface area contributed by atoms with E-state index in [0.717, 1.165) is 6.42 Å². The second-order valence-electron chi connectivity index (χ2n) is 13.6. The number of aliphatic hydroxyl groups excluding tert-OH is 3. The van der Waals surface area contributed by atoms with Crippen molar-refractivity contribution in [3.63, 3.8) is 0 Å². The zero-order valence-electron chi connectivity index (χ0n) is 29.6. The summed E-state index contributed by atoms with van der Waals surface area (Å²) in [7, 11) is 0. The highest BCUT2D eigenvalue weighted by Gasteiger charge is 2.37. The fourth-order valence-electron chi connectivity index (χ4n) is 5.68. The summed E-state index contributed by atoms with van der Waals surface area (Å²) in [6.45, 7) is 7.06. The van der Waals surface area contributed by atoms with E-state index >= 15 is 0 Å². The van der Waals surface area contributed by atoms with Gasteiger partial charge >= 0.3 is 35.8 Å². The molecule has 1 unspecified atom stereocenters. The van der Waals surface area contributed by atoms with Crippen molar-refractivity contribution in [3.8, 4) is 0 Å². The Labute approximate surface area is 293 Å². The molecule has 9 N–H and O–H groups in total. The molecule has 0 aliphatic rings. The first-order valence-corrected chi connectivity index (χ1v) is 17.3. The number of carbonyl (C=O) groups is 6. The third-order valence-electron chi connectivity index (χ3n) is 8.61. The van der Waals surface area contributed by atoms with E-state index in [2.05, 4.69) is 0 Å². The van der Waals surface area contributed by atoms with E-state index in [1.54, 1.807) is 20.8 Å². The van der Waals surface area contributed by atoms with Crippen molar-refractivity contribution in [1.29, 1.82) is 0 Å². The number of esters is 2. The lowest BCUT2D eigenvalue weighted by atomic mass is 9.87. The number of rotatable bonds is 29. The van der Waals surface area contributed by atoms with Gasteiger partial charge in [-0.1, -0.05) is 46.5 Å². The summed E-state index contributed by atoms with van der Waals surface area (Å²) in [5.41, 5.74) is 5.63. The van der Waals surface area contributed by atoms with Crippen LogP contribution in [0.25, 0.3) is 0 Å². The molecular weight excluding hydrogens is 662 g/mol. The third-order valence-corrected chi connectivity index (χ3v) is 8.61. The summed E-state index contributed by atoms with van der Waals surface area (Å²) < 4.78 is 11.4. The first kappa shape index (κ1) is 46.7. The Balaban J connectivity index is 5.98. The molecule has 0 saturated carbocycles. The molecule has 50 heavy (non-hydrogen) atoms. The van der Waals surface area contributed by atoms with Crippen LogP contribution in [-0.2, 0) is 38.2 Å². The third kappa shape index (κ3) is 21.0. The lowest BCUT2D eigenvalue weighted by Gasteiger charge is -2.33. The molecule has 0 radical (unpaired) electrons. The number of carboxylic acid groups (broad SMARTS) is 4. The number of aliphatic carboxylic acids is 4. The van der Waals surface area contributed by atoms with Crippen molar-refractivity contribution in [1.82, 2.24) is 0 Å². The molecule has 0 saturated heterocycles. The molecule has 0 rings (SSSR count). The molecule has 0 amide bonds. The Kier molecular flexibility index (Phi) is 23.1. The van der Waals surface area contributed by atoms with Crippen LogP contribution in [0.5, 0.6) is 0 Å². The maximum absolute atomic E-state index is 13.0. The van der Waals surface area contributed by atoms with Gasteiger partial charge in [-0.05, 0) is 50.9 Å². The summed E-state index contributed by atoms with van der Waals surface area (Å²) in [4.78, 5) is 71.6. The molecule has 0 fully saturated rings. The number of hydrogen-bond donors (Lipinski definition) is 8. The topological polar surface area (TPSA) is 289 Å². The second-order valence-corrected chi connectivity index (χ2v) is 13.6. The fraction of sp³-hybridized carbons (Fsp3) is 0.824. The maximum Gasteiger partial charge on any atom is 0.307 e. The van der Waals surface area contributed by atoms with Crippen LogP contribution in [-0.4, -0.2) is 108 Å². The average Bonchev–Trinajstić information content (AvgIpc) is 2.99. The van der Waals surface area contributed by atoms with Crippen LogP contribution in [0.15, 0.2) is 0 Å². The van der Waals surface area contributed by atoms with Gasteiger partial charge in [-0.2, -0.15) is 0 Å². The number of carboxylic acids is 4. The van der Waals surface area contributed by atoms with E-state index in [9.17, 15) is 54.3 Å². The van der Waals surface area contributed by atoms with E-state index in [1.165, 1.54) is 0 Å². The summed E-state index contributed by atoms with van der Waals surface area (Å²) in [6, 6.07) is -0.476. The van der Waals surface area contributed by atoms with E-state index in [4.69, 9.17) is 25.4 Å². The second kappa shape index (κ2) is 24.7. The lowest BCUT2D eigenvalue weighted by molar-refractivity contribution is -0.177. The number of unbranched alkanes of at least 4 members (excludes halogenated alkanes) is 2. The zero-order valence-corrected chi connectivity index (χ0v) is 29.6. The van der Waals surface area contributed by atoms with Gasteiger partial charge in [0.1, 0.15) is 12.2 Å². The molecule has 290 valence electrons. The van der Waals surface area contributed by atoms with E-state index in [1.807, 2.05) is 6.92 Å². The maximum atomic E-state index is 13.0. The van der Waals surface area contributed by atoms with Crippen molar-refractivity contribution < 1.29 is 74.0 Å². The van der Waals surface area contributed by atoms with Crippen LogP contribution in [0.3, 0.4) is 0 Å². The zero-order chi connectivity index (χ0) is 38.6. The normalized spacial score (nSPS) is 17.5. The van der Waals surface area contributed by atoms with Crippen LogP contribution in [0.4, 0.5) is 0 Å². The smallest absolute Gasteiger partial charge is 0.307 e. The van der Waals surface area contributed by atoms with Crippen molar-refractivity contribution in [2.24, 2.45) is 29.4 Å². The van der Waals surface area contributed by atoms with Gasteiger partial charge in [-0.15, -0.1) is 0 Å². The van der Waals surface area contributed by atoms with Crippen molar-refractivity contribution in [2.45, 2.75) is 154 Å². The SMILES string of the molecule is CCCC[C@@H](C)[C@@H](OC(=O)C[C@@H](CC(=O)O)C(=O)O)[C@H](C[C@@H](C)C[C@H](O)CCCC[C@@H](O)C[C@H](O)[C@H](C)N)OC(=O)CC(CC(=O)O)C(=O)O. The van der Waals surface area contributed by atoms with Gasteiger partial charge in [-0.3, -0.25) is 28.8 Å². The molecule has 0 heterocycles. The predicted octanol–water partition coefficient (Wildman–Crippen LogP) is 2.56. The summed E-state index contributed by atoms with van der Waals surface area (Å²) in [5.74, 6) is -12.0. The van der Waals surface area contributed by atoms with Crippen molar-refractivity contribution in [3.05, 3.63) is 0 Å². The monoisotopic (exact) mass is 721 g/mol.